The lowest BCUT2D eigenvalue weighted by molar-refractivity contribution is -0.219. The van der Waals surface area contributed by atoms with Gasteiger partial charge in [0.05, 0.1) is 0 Å². The summed E-state index contributed by atoms with van der Waals surface area (Å²) in [6.07, 6.45) is 0.892. The quantitative estimate of drug-likeness (QED) is 0.385. The molecule has 3 heteroatoms. The van der Waals surface area contributed by atoms with Crippen molar-refractivity contribution in [2.75, 3.05) is 13.7 Å². The molecule has 48 valence electrons. The zero-order valence-corrected chi connectivity index (χ0v) is 4.92. The zero-order valence-electron chi connectivity index (χ0n) is 4.92. The number of hydrogen-bond acceptors (Lipinski definition) is 3. The van der Waals surface area contributed by atoms with Crippen molar-refractivity contribution in [1.29, 1.82) is 0 Å². The third kappa shape index (κ3) is 3.61. The van der Waals surface area contributed by atoms with Gasteiger partial charge < -0.3 is 15.2 Å². The van der Waals surface area contributed by atoms with Crippen LogP contribution in [-0.2, 0) is 0 Å². The van der Waals surface area contributed by atoms with Gasteiger partial charge in [0.15, 0.2) is 0 Å². The second-order valence-corrected chi connectivity index (χ2v) is 1.44. The van der Waals surface area contributed by atoms with E-state index in [4.69, 9.17) is 5.11 Å². The predicted molar refractivity (Wildman–Crippen MR) is 29.7 cm³/mol. The Bertz CT molecular complexity index is 80.5. The van der Waals surface area contributed by atoms with E-state index in [1.54, 1.807) is 0 Å². The van der Waals surface area contributed by atoms with Crippen LogP contribution in [0.2, 0.25) is 0 Å². The Morgan fingerprint density at radius 3 is 2.75 bits per heavy atom. The molecule has 0 aliphatic rings. The normalized spacial score (nSPS) is 12.0. The molecule has 0 rings (SSSR count). The van der Waals surface area contributed by atoms with Gasteiger partial charge in [-0.05, 0) is 18.7 Å². The highest BCUT2D eigenvalue weighted by Crippen LogP contribution is 1.84. The second-order valence-electron chi connectivity index (χ2n) is 1.44. The Morgan fingerprint density at radius 1 is 1.75 bits per heavy atom. The van der Waals surface area contributed by atoms with Gasteiger partial charge in [0.2, 0.25) is 0 Å². The molecule has 1 N–H and O–H groups in total. The molecular formula is C5H10NO2-. The van der Waals surface area contributed by atoms with E-state index < -0.39 is 0 Å². The first-order valence-corrected chi connectivity index (χ1v) is 2.54. The van der Waals surface area contributed by atoms with Crippen molar-refractivity contribution < 1.29 is 10.2 Å². The second kappa shape index (κ2) is 4.59. The van der Waals surface area contributed by atoms with E-state index in [0.717, 1.165) is 0 Å². The molecule has 3 nitrogen and oxygen atoms in total. The summed E-state index contributed by atoms with van der Waals surface area (Å²) in [4.78, 5) is 3.38. The van der Waals surface area contributed by atoms with Gasteiger partial charge in [0, 0.05) is 13.7 Å². The summed E-state index contributed by atoms with van der Waals surface area (Å²) in [5.74, 6) is -0.140. The van der Waals surface area contributed by atoms with Crippen molar-refractivity contribution in [1.82, 2.24) is 0 Å². The highest BCUT2D eigenvalue weighted by molar-refractivity contribution is 5.70. The summed E-state index contributed by atoms with van der Waals surface area (Å²) >= 11 is 0. The average Bonchev–Trinajstić information content (AvgIpc) is 1.83. The molecule has 0 unspecified atom stereocenters. The van der Waals surface area contributed by atoms with E-state index in [0.29, 0.717) is 12.8 Å². The average molecular weight is 116 g/mol. The minimum atomic E-state index is -0.140. The third-order valence-corrected chi connectivity index (χ3v) is 0.798. The van der Waals surface area contributed by atoms with Gasteiger partial charge in [0.25, 0.3) is 0 Å². The van der Waals surface area contributed by atoms with Crippen LogP contribution in [-0.4, -0.2) is 24.7 Å². The largest absolute Gasteiger partial charge is 0.862 e. The smallest absolute Gasteiger partial charge is 0.0434 e. The molecule has 0 fully saturated rings. The van der Waals surface area contributed by atoms with Crippen LogP contribution in [0.15, 0.2) is 4.99 Å². The van der Waals surface area contributed by atoms with E-state index in [1.807, 2.05) is 0 Å². The molecule has 0 amide bonds. The van der Waals surface area contributed by atoms with Gasteiger partial charge in [-0.25, -0.2) is 0 Å². The first-order chi connectivity index (χ1) is 3.81. The molecule has 0 aromatic carbocycles. The van der Waals surface area contributed by atoms with Gasteiger partial charge in [-0.15, -0.1) is 0 Å². The van der Waals surface area contributed by atoms with E-state index in [2.05, 4.69) is 4.99 Å². The summed E-state index contributed by atoms with van der Waals surface area (Å²) in [5, 5.41) is 18.5. The molecule has 0 saturated carbocycles. The molecule has 0 aliphatic heterocycles. The van der Waals surface area contributed by atoms with Crippen molar-refractivity contribution in [2.45, 2.75) is 12.8 Å². The van der Waals surface area contributed by atoms with E-state index in [1.165, 1.54) is 7.05 Å². The lowest BCUT2D eigenvalue weighted by Crippen LogP contribution is -2.17. The number of aliphatic hydroxyl groups excluding tert-OH is 1. The van der Waals surface area contributed by atoms with Crippen LogP contribution in [0.1, 0.15) is 12.8 Å². The van der Waals surface area contributed by atoms with Gasteiger partial charge >= 0.3 is 0 Å². The van der Waals surface area contributed by atoms with Gasteiger partial charge in [-0.2, -0.15) is 0 Å². The Hall–Kier alpha value is -0.570. The summed E-state index contributed by atoms with van der Waals surface area (Å²) < 4.78 is 0. The third-order valence-electron chi connectivity index (χ3n) is 0.798. The number of nitrogens with zero attached hydrogens (tertiary/aromatic N) is 1. The molecule has 0 aliphatic carbocycles. The van der Waals surface area contributed by atoms with Crippen LogP contribution in [0.5, 0.6) is 0 Å². The van der Waals surface area contributed by atoms with Gasteiger partial charge in [0.1, 0.15) is 0 Å². The summed E-state index contributed by atoms with van der Waals surface area (Å²) in [6.45, 7) is 0.0707. The predicted octanol–water partition coefficient (Wildman–Crippen LogP) is -0.853. The monoisotopic (exact) mass is 116 g/mol. The number of aliphatic hydroxyl groups is 1. The standard InChI is InChI=1S/C5H11NO2/c1-6-5(8)3-2-4-7/h7H,2-4H2,1H3,(H,6,8)/p-1. The van der Waals surface area contributed by atoms with Gasteiger partial charge in [-0.1, -0.05) is 0 Å². The molecule has 0 aromatic heterocycles. The minimum absolute atomic E-state index is 0.0707. The number of hydrogen-bond donors (Lipinski definition) is 1. The van der Waals surface area contributed by atoms with Crippen LogP contribution < -0.4 is 5.11 Å². The maximum Gasteiger partial charge on any atom is 0.0434 e. The highest BCUT2D eigenvalue weighted by atomic mass is 16.3. The molecule has 0 atom stereocenters. The zero-order chi connectivity index (χ0) is 6.41. The maximum absolute atomic E-state index is 10.3. The first kappa shape index (κ1) is 7.43. The summed E-state index contributed by atoms with van der Waals surface area (Å²) in [5.41, 5.74) is 0. The number of aliphatic imine (C=N–C) groups is 1. The van der Waals surface area contributed by atoms with E-state index >= 15 is 0 Å². The topological polar surface area (TPSA) is 55.7 Å². The van der Waals surface area contributed by atoms with E-state index in [9.17, 15) is 5.11 Å². The molecule has 0 spiro atoms. The maximum atomic E-state index is 10.3. The van der Waals surface area contributed by atoms with Crippen LogP contribution in [0.3, 0.4) is 0 Å². The summed E-state index contributed by atoms with van der Waals surface area (Å²) in [6, 6.07) is 0. The highest BCUT2D eigenvalue weighted by Gasteiger charge is 1.80. The van der Waals surface area contributed by atoms with Crippen LogP contribution in [0.4, 0.5) is 0 Å². The molecule has 0 radical (unpaired) electrons. The van der Waals surface area contributed by atoms with Crippen molar-refractivity contribution in [2.24, 2.45) is 4.99 Å². The van der Waals surface area contributed by atoms with Gasteiger partial charge in [-0.3, -0.25) is 0 Å². The van der Waals surface area contributed by atoms with Crippen LogP contribution in [0.25, 0.3) is 0 Å². The Balaban J connectivity index is 3.12. The van der Waals surface area contributed by atoms with Crippen molar-refractivity contribution in [3.05, 3.63) is 0 Å². The Kier molecular flexibility index (Phi) is 4.26. The molecular weight excluding hydrogens is 106 g/mol. The minimum Gasteiger partial charge on any atom is -0.862 e. The SMILES string of the molecule is CN=C([O-])CCCO. The van der Waals surface area contributed by atoms with E-state index in [-0.39, 0.29) is 12.5 Å². The first-order valence-electron chi connectivity index (χ1n) is 2.54. The number of rotatable bonds is 3. The van der Waals surface area contributed by atoms with Crippen molar-refractivity contribution in [3.63, 3.8) is 0 Å². The Morgan fingerprint density at radius 2 is 2.38 bits per heavy atom. The fraction of sp³-hybridized carbons (Fsp3) is 0.800. The lowest BCUT2D eigenvalue weighted by atomic mass is 10.3. The molecule has 0 bridgehead atoms. The Labute approximate surface area is 48.7 Å². The van der Waals surface area contributed by atoms with Crippen molar-refractivity contribution in [3.8, 4) is 0 Å². The molecule has 0 aromatic rings. The van der Waals surface area contributed by atoms with Crippen LogP contribution in [0, 0.1) is 0 Å². The molecule has 8 heavy (non-hydrogen) atoms. The lowest BCUT2D eigenvalue weighted by Gasteiger charge is -2.05. The molecule has 0 saturated heterocycles. The fourth-order valence-corrected chi connectivity index (χ4v) is 0.342. The van der Waals surface area contributed by atoms with Crippen molar-refractivity contribution >= 4 is 5.90 Å². The van der Waals surface area contributed by atoms with Crippen LogP contribution >= 0.6 is 0 Å². The fourth-order valence-electron chi connectivity index (χ4n) is 0.342. The molecule has 0 heterocycles. The summed E-state index contributed by atoms with van der Waals surface area (Å²) in [7, 11) is 1.46.